The Morgan fingerprint density at radius 3 is 2.18 bits per heavy atom. The highest BCUT2D eigenvalue weighted by Crippen LogP contribution is 2.35. The predicted molar refractivity (Wildman–Crippen MR) is 98.2 cm³/mol. The van der Waals surface area contributed by atoms with E-state index in [1.165, 1.54) is 39.5 Å². The summed E-state index contributed by atoms with van der Waals surface area (Å²) in [6.07, 6.45) is 0. The van der Waals surface area contributed by atoms with Crippen LogP contribution in [-0.2, 0) is 20.9 Å². The van der Waals surface area contributed by atoms with Crippen LogP contribution in [0.25, 0.3) is 0 Å². The minimum absolute atomic E-state index is 0.0263. The summed E-state index contributed by atoms with van der Waals surface area (Å²) in [4.78, 5) is 31.8. The third-order valence-electron chi connectivity index (χ3n) is 3.30. The van der Waals surface area contributed by atoms with Gasteiger partial charge in [0.05, 0.1) is 37.4 Å². The van der Waals surface area contributed by atoms with E-state index in [1.54, 1.807) is 0 Å². The minimum Gasteiger partial charge on any atom is -0.483 e. The van der Waals surface area contributed by atoms with Gasteiger partial charge in [0.25, 0.3) is 0 Å². The lowest BCUT2D eigenvalue weighted by Gasteiger charge is -2.14. The van der Waals surface area contributed by atoms with E-state index in [-0.39, 0.29) is 45.5 Å². The van der Waals surface area contributed by atoms with Crippen LogP contribution in [0.1, 0.15) is 16.2 Å². The Kier molecular flexibility index (Phi) is 7.65. The molecule has 0 atom stereocenters. The molecule has 2 aromatic rings. The molecule has 0 saturated carbocycles. The second kappa shape index (κ2) is 9.95. The van der Waals surface area contributed by atoms with Gasteiger partial charge in [0.1, 0.15) is 12.2 Å². The zero-order chi connectivity index (χ0) is 20.7. The van der Waals surface area contributed by atoms with Crippen LogP contribution < -0.4 is 14.2 Å². The molecule has 0 N–H and O–H groups in total. The van der Waals surface area contributed by atoms with E-state index in [0.717, 1.165) is 0 Å². The smallest absolute Gasteiger partial charge is 0.344 e. The van der Waals surface area contributed by atoms with Gasteiger partial charge in [-0.1, -0.05) is 23.2 Å². The van der Waals surface area contributed by atoms with Crippen LogP contribution in [0.2, 0.25) is 10.0 Å². The molecule has 0 saturated heterocycles. The average Bonchev–Trinajstić information content (AvgIpc) is 2.71. The lowest BCUT2D eigenvalue weighted by molar-refractivity contribution is -0.144. The van der Waals surface area contributed by atoms with Crippen LogP contribution >= 0.6 is 23.2 Å². The van der Waals surface area contributed by atoms with Gasteiger partial charge in [-0.3, -0.25) is 0 Å². The molecule has 9 nitrogen and oxygen atoms in total. The van der Waals surface area contributed by atoms with Crippen molar-refractivity contribution in [1.82, 2.24) is 9.97 Å². The summed E-state index contributed by atoms with van der Waals surface area (Å²) in [5.74, 6) is -0.945. The molecule has 2 rings (SSSR count). The lowest BCUT2D eigenvalue weighted by Crippen LogP contribution is -2.16. The molecule has 0 aliphatic rings. The van der Waals surface area contributed by atoms with E-state index in [4.69, 9.17) is 42.1 Å². The molecule has 0 aliphatic carbocycles. The van der Waals surface area contributed by atoms with E-state index in [0.29, 0.717) is 0 Å². The van der Waals surface area contributed by atoms with Crippen molar-refractivity contribution in [3.63, 3.8) is 0 Å². The van der Waals surface area contributed by atoms with Gasteiger partial charge >= 0.3 is 11.9 Å². The van der Waals surface area contributed by atoms with Crippen molar-refractivity contribution >= 4 is 35.1 Å². The number of hydrogen-bond acceptors (Lipinski definition) is 9. The maximum absolute atomic E-state index is 12.3. The molecule has 0 bridgehead atoms. The van der Waals surface area contributed by atoms with Gasteiger partial charge in [-0.2, -0.15) is 9.97 Å². The molecule has 0 amide bonds. The third kappa shape index (κ3) is 5.37. The van der Waals surface area contributed by atoms with Gasteiger partial charge in [-0.05, 0) is 12.1 Å². The van der Waals surface area contributed by atoms with Crippen LogP contribution in [0.15, 0.2) is 18.2 Å². The Labute approximate surface area is 170 Å². The molecule has 28 heavy (non-hydrogen) atoms. The van der Waals surface area contributed by atoms with Crippen LogP contribution in [0.5, 0.6) is 17.5 Å². The largest absolute Gasteiger partial charge is 0.483 e. The van der Waals surface area contributed by atoms with Gasteiger partial charge in [-0.25, -0.2) is 9.59 Å². The number of aromatic nitrogens is 2. The number of ether oxygens (including phenoxy) is 5. The summed E-state index contributed by atoms with van der Waals surface area (Å²) in [5.41, 5.74) is -0.145. The molecule has 0 fully saturated rings. The number of halogens is 2. The topological polar surface area (TPSA) is 106 Å². The van der Waals surface area contributed by atoms with Crippen molar-refractivity contribution < 1.29 is 33.3 Å². The van der Waals surface area contributed by atoms with Crippen molar-refractivity contribution in [3.8, 4) is 17.5 Å². The SMILES string of the molecule is COC(=O)COC(=O)c1c(Cl)ccc(Cl)c1OCc1nc(OC)cc(OC)n1. The van der Waals surface area contributed by atoms with Gasteiger partial charge in [0, 0.05) is 0 Å². The van der Waals surface area contributed by atoms with Crippen molar-refractivity contribution in [2.75, 3.05) is 27.9 Å². The van der Waals surface area contributed by atoms with E-state index in [1.807, 2.05) is 0 Å². The summed E-state index contributed by atoms with van der Waals surface area (Å²) in [5, 5.41) is 0.127. The Morgan fingerprint density at radius 1 is 1.00 bits per heavy atom. The normalized spacial score (nSPS) is 10.2. The van der Waals surface area contributed by atoms with Crippen molar-refractivity contribution in [2.45, 2.75) is 6.61 Å². The number of methoxy groups -OCH3 is 3. The molecule has 1 heterocycles. The Morgan fingerprint density at radius 2 is 1.61 bits per heavy atom. The Balaban J connectivity index is 2.27. The lowest BCUT2D eigenvalue weighted by atomic mass is 10.2. The maximum atomic E-state index is 12.3. The maximum Gasteiger partial charge on any atom is 0.344 e. The van der Waals surface area contributed by atoms with Crippen LogP contribution in [-0.4, -0.2) is 49.8 Å². The highest BCUT2D eigenvalue weighted by molar-refractivity contribution is 6.37. The predicted octanol–water partition coefficient (Wildman–Crippen LogP) is 2.71. The van der Waals surface area contributed by atoms with Crippen molar-refractivity contribution in [2.24, 2.45) is 0 Å². The van der Waals surface area contributed by atoms with E-state index in [2.05, 4.69) is 14.7 Å². The minimum atomic E-state index is -0.906. The molecular formula is C17H16Cl2N2O7. The molecule has 0 spiro atoms. The summed E-state index contributed by atoms with van der Waals surface area (Å²) >= 11 is 12.2. The molecule has 11 heteroatoms. The molecule has 150 valence electrons. The van der Waals surface area contributed by atoms with Crippen LogP contribution in [0, 0.1) is 0 Å². The first-order valence-corrected chi connectivity index (χ1v) is 8.45. The fourth-order valence-electron chi connectivity index (χ4n) is 1.98. The average molecular weight is 431 g/mol. The fraction of sp³-hybridized carbons (Fsp3) is 0.294. The third-order valence-corrected chi connectivity index (χ3v) is 3.91. The highest BCUT2D eigenvalue weighted by Gasteiger charge is 2.23. The number of esters is 2. The molecule has 0 unspecified atom stereocenters. The Bertz CT molecular complexity index is 855. The van der Waals surface area contributed by atoms with Gasteiger partial charge < -0.3 is 23.7 Å². The zero-order valence-electron chi connectivity index (χ0n) is 15.2. The van der Waals surface area contributed by atoms with Gasteiger partial charge in [-0.15, -0.1) is 0 Å². The second-order valence-electron chi connectivity index (χ2n) is 5.04. The number of carbonyl (C=O) groups excluding carboxylic acids is 2. The first kappa shape index (κ1) is 21.5. The number of rotatable bonds is 8. The van der Waals surface area contributed by atoms with Crippen LogP contribution in [0.3, 0.4) is 0 Å². The van der Waals surface area contributed by atoms with E-state index < -0.39 is 18.5 Å². The summed E-state index contributed by atoms with van der Waals surface area (Å²) in [7, 11) is 4.05. The quantitative estimate of drug-likeness (QED) is 0.583. The van der Waals surface area contributed by atoms with Crippen LogP contribution in [0.4, 0.5) is 0 Å². The van der Waals surface area contributed by atoms with Gasteiger partial charge in [0.2, 0.25) is 11.8 Å². The molecule has 1 aromatic heterocycles. The summed E-state index contributed by atoms with van der Waals surface area (Å²) in [6.45, 7) is -0.765. The number of benzene rings is 1. The molecule has 0 radical (unpaired) electrons. The van der Waals surface area contributed by atoms with E-state index in [9.17, 15) is 9.59 Å². The Hall–Kier alpha value is -2.78. The fourth-order valence-corrected chi connectivity index (χ4v) is 2.42. The van der Waals surface area contributed by atoms with Gasteiger partial charge in [0.15, 0.2) is 18.2 Å². The summed E-state index contributed by atoms with van der Waals surface area (Å²) in [6, 6.07) is 4.34. The molecular weight excluding hydrogens is 415 g/mol. The van der Waals surface area contributed by atoms with Crippen molar-refractivity contribution in [1.29, 1.82) is 0 Å². The monoisotopic (exact) mass is 430 g/mol. The molecule has 0 aliphatic heterocycles. The zero-order valence-corrected chi connectivity index (χ0v) is 16.7. The van der Waals surface area contributed by atoms with Crippen molar-refractivity contribution in [3.05, 3.63) is 39.6 Å². The second-order valence-corrected chi connectivity index (χ2v) is 5.86. The first-order chi connectivity index (χ1) is 13.4. The first-order valence-electron chi connectivity index (χ1n) is 7.70. The standard InChI is InChI=1S/C17H16Cl2N2O7/c1-24-12-6-13(25-2)21-11(20-12)7-27-16-10(19)5-4-9(18)15(16)17(23)28-8-14(22)26-3/h4-6H,7-8H2,1-3H3. The summed E-state index contributed by atoms with van der Waals surface area (Å²) < 4.78 is 25.1. The number of hydrogen-bond donors (Lipinski definition) is 0. The highest BCUT2D eigenvalue weighted by atomic mass is 35.5. The van der Waals surface area contributed by atoms with E-state index >= 15 is 0 Å². The number of nitrogens with zero attached hydrogens (tertiary/aromatic N) is 2. The molecule has 1 aromatic carbocycles. The number of carbonyl (C=O) groups is 2.